The van der Waals surface area contributed by atoms with Crippen LogP contribution < -0.4 is 44.3 Å². The molecule has 0 bridgehead atoms. The molecule has 0 fully saturated rings. The molecule has 0 aliphatic carbocycles. The number of hydrogen-bond acceptors (Lipinski definition) is 15. The third-order valence-electron chi connectivity index (χ3n) is 13.7. The van der Waals surface area contributed by atoms with Crippen molar-refractivity contribution in [3.8, 4) is 23.0 Å². The summed E-state index contributed by atoms with van der Waals surface area (Å²) in [5.41, 5.74) is 8.58. The highest BCUT2D eigenvalue weighted by molar-refractivity contribution is 8.77. The molecule has 2 N–H and O–H groups in total. The zero-order chi connectivity index (χ0) is 52.1. The quantitative estimate of drug-likeness (QED) is 0.0327. The second-order valence-electron chi connectivity index (χ2n) is 19.3. The summed E-state index contributed by atoms with van der Waals surface area (Å²) in [5, 5.41) is 10.4. The summed E-state index contributed by atoms with van der Waals surface area (Å²) in [6.07, 6.45) is 3.82. The Labute approximate surface area is 439 Å². The molecule has 4 aliphatic rings. The lowest BCUT2D eigenvalue weighted by Crippen LogP contribution is -2.41. The van der Waals surface area contributed by atoms with Crippen molar-refractivity contribution in [1.82, 2.24) is 0 Å². The Morgan fingerprint density at radius 2 is 1.41 bits per heavy atom. The van der Waals surface area contributed by atoms with E-state index in [1.807, 2.05) is 83.6 Å². The van der Waals surface area contributed by atoms with Crippen molar-refractivity contribution in [3.63, 3.8) is 0 Å². The lowest BCUT2D eigenvalue weighted by atomic mass is 10.1. The molecule has 0 radical (unpaired) electrons. The van der Waals surface area contributed by atoms with E-state index in [2.05, 4.69) is 46.7 Å². The Morgan fingerprint density at radius 3 is 2.05 bits per heavy atom. The van der Waals surface area contributed by atoms with Gasteiger partial charge in [0, 0.05) is 72.5 Å². The topological polar surface area (TPSA) is 170 Å². The van der Waals surface area contributed by atoms with Gasteiger partial charge in [-0.05, 0) is 105 Å². The number of para-hydroxylation sites is 2. The van der Waals surface area contributed by atoms with Crippen molar-refractivity contribution in [2.24, 2.45) is 11.1 Å². The third-order valence-corrected chi connectivity index (χ3v) is 17.1. The van der Waals surface area contributed by atoms with Gasteiger partial charge in [0.2, 0.25) is 5.91 Å². The van der Waals surface area contributed by atoms with Gasteiger partial charge in [0.05, 0.1) is 55.9 Å². The van der Waals surface area contributed by atoms with Crippen LogP contribution in [0.15, 0.2) is 96.2 Å². The highest BCUT2D eigenvalue weighted by Crippen LogP contribution is 2.44. The molecule has 9 rings (SSSR count). The van der Waals surface area contributed by atoms with Crippen LogP contribution in [0.4, 0.5) is 28.4 Å². The second kappa shape index (κ2) is 22.6. The van der Waals surface area contributed by atoms with E-state index in [9.17, 15) is 19.2 Å². The van der Waals surface area contributed by atoms with Gasteiger partial charge in [-0.25, -0.2) is 0 Å². The average Bonchev–Trinajstić information content (AvgIpc) is 3.90. The van der Waals surface area contributed by atoms with E-state index in [4.69, 9.17) is 28.5 Å². The summed E-state index contributed by atoms with van der Waals surface area (Å²) in [6, 6.07) is 28.9. The van der Waals surface area contributed by atoms with Gasteiger partial charge in [-0.15, -0.1) is 0 Å². The van der Waals surface area contributed by atoms with Gasteiger partial charge in [0.1, 0.15) is 25.7 Å². The predicted octanol–water partition coefficient (Wildman–Crippen LogP) is 9.57. The van der Waals surface area contributed by atoms with Crippen LogP contribution >= 0.6 is 21.6 Å². The molecule has 5 aromatic rings. The van der Waals surface area contributed by atoms with Crippen LogP contribution in [0.1, 0.15) is 76.6 Å². The summed E-state index contributed by atoms with van der Waals surface area (Å²) in [4.78, 5) is 65.7. The number of anilines is 5. The molecule has 4 heterocycles. The van der Waals surface area contributed by atoms with Gasteiger partial charge in [0.15, 0.2) is 23.0 Å². The number of oxime groups is 1. The Morgan fingerprint density at radius 1 is 0.797 bits per heavy atom. The number of likely N-dealkylation sites (N-methyl/N-ethyl adjacent to an activating group) is 1. The first-order valence-corrected chi connectivity index (χ1v) is 27.0. The molecule has 5 aromatic carbocycles. The van der Waals surface area contributed by atoms with E-state index >= 15 is 0 Å². The number of carbonyl (C=O) groups is 4. The van der Waals surface area contributed by atoms with E-state index in [0.717, 1.165) is 52.2 Å². The van der Waals surface area contributed by atoms with Gasteiger partial charge in [-0.2, -0.15) is 0 Å². The molecule has 1 unspecified atom stereocenters. The number of amides is 3. The van der Waals surface area contributed by atoms with Gasteiger partial charge in [-0.3, -0.25) is 19.2 Å². The monoisotopic (exact) mass is 1040 g/mol. The number of ether oxygens (including phenoxy) is 5. The highest BCUT2D eigenvalue weighted by atomic mass is 33.1. The first-order chi connectivity index (χ1) is 35.8. The SMILES string of the molecule is CC=NOCC(CSSC(C)(C)CCC(=O)Nc1cc(COc2cc3c(cc2OC)C(=O)N2c4ccccc4C[C@H]2CN3)cc(COc2cc3c(cc2OC)C(=O)N2c4ccccc4C[C@H]2CN3C)c1)C(=O)OC. The molecule has 16 nitrogen and oxygen atoms in total. The van der Waals surface area contributed by atoms with Crippen molar-refractivity contribution in [3.05, 3.63) is 124 Å². The Kier molecular flexibility index (Phi) is 15.8. The fourth-order valence-corrected chi connectivity index (χ4v) is 12.9. The number of nitrogens with one attached hydrogen (secondary N) is 2. The number of benzene rings is 5. The first kappa shape index (κ1) is 51.8. The molecule has 18 heteroatoms. The molecule has 4 aliphatic heterocycles. The summed E-state index contributed by atoms with van der Waals surface area (Å²) >= 11 is 0. The maximum Gasteiger partial charge on any atom is 0.313 e. The molecular formula is C56H62N6O10S2. The fraction of sp³-hybridized carbons (Fsp3) is 0.375. The molecule has 0 aromatic heterocycles. The number of carbonyl (C=O) groups excluding carboxylic acids is 4. The van der Waals surface area contributed by atoms with Crippen LogP contribution in [-0.4, -0.2) is 101 Å². The van der Waals surface area contributed by atoms with Crippen molar-refractivity contribution in [1.29, 1.82) is 0 Å². The van der Waals surface area contributed by atoms with E-state index in [-0.39, 0.29) is 66.8 Å². The zero-order valence-corrected chi connectivity index (χ0v) is 44.4. The Balaban J connectivity index is 0.936. The molecule has 74 heavy (non-hydrogen) atoms. The van der Waals surface area contributed by atoms with Crippen LogP contribution in [0.2, 0.25) is 0 Å². The van der Waals surface area contributed by atoms with Crippen molar-refractivity contribution < 1.29 is 47.7 Å². The molecule has 3 atom stereocenters. The average molecular weight is 1040 g/mol. The molecule has 0 saturated heterocycles. The molecule has 0 saturated carbocycles. The number of nitrogens with zero attached hydrogens (tertiary/aromatic N) is 4. The summed E-state index contributed by atoms with van der Waals surface area (Å²) in [6.45, 7) is 7.33. The summed E-state index contributed by atoms with van der Waals surface area (Å²) in [7, 11) is 9.57. The maximum absolute atomic E-state index is 14.3. The number of rotatable bonds is 20. The number of hydrogen-bond donors (Lipinski definition) is 2. The van der Waals surface area contributed by atoms with E-state index < -0.39 is 5.92 Å². The van der Waals surface area contributed by atoms with Gasteiger partial charge < -0.3 is 53.9 Å². The molecular weight excluding hydrogens is 981 g/mol. The summed E-state index contributed by atoms with van der Waals surface area (Å²) < 4.78 is 29.4. The van der Waals surface area contributed by atoms with Crippen LogP contribution in [0, 0.1) is 5.92 Å². The Bertz CT molecular complexity index is 2970. The number of fused-ring (bicyclic) bond motifs is 8. The minimum absolute atomic E-state index is 0.0206. The van der Waals surface area contributed by atoms with Crippen LogP contribution in [0.3, 0.4) is 0 Å². The van der Waals surface area contributed by atoms with Crippen LogP contribution in [0.25, 0.3) is 0 Å². The predicted molar refractivity (Wildman–Crippen MR) is 292 cm³/mol. The number of methoxy groups -OCH3 is 3. The van der Waals surface area contributed by atoms with Crippen molar-refractivity contribution >= 4 is 79.9 Å². The first-order valence-electron chi connectivity index (χ1n) is 24.7. The standard InChI is InChI=1S/C56H62N6O10S2/c1-8-58-72-32-38(55(66)69-7)33-73-74-56(2,3)18-17-52(63)59-39-20-34(30-70-50-26-44-42(24-48(50)67-5)53(64)61-40(28-57-44)22-36-13-9-11-15-45(36)61)19-35(21-39)31-71-51-27-47-43(25-49(51)68-6)54(65)62-41(29-60(47)4)23-37-14-10-12-16-46(37)62/h8-16,19-21,24-27,38,40-41,57H,17-18,22-23,28-33H2,1-7H3,(H,59,63)/t38?,40-,41-/m0/s1. The normalized spacial score (nSPS) is 16.9. The minimum Gasteiger partial charge on any atom is -0.493 e. The lowest BCUT2D eigenvalue weighted by molar-refractivity contribution is -0.146. The van der Waals surface area contributed by atoms with Crippen molar-refractivity contribution in [2.45, 2.75) is 76.5 Å². The lowest BCUT2D eigenvalue weighted by Gasteiger charge is -2.25. The summed E-state index contributed by atoms with van der Waals surface area (Å²) in [5.74, 6) is 0.922. The van der Waals surface area contributed by atoms with Crippen LogP contribution in [-0.2, 0) is 45.2 Å². The molecule has 388 valence electrons. The molecule has 0 spiro atoms. The largest absolute Gasteiger partial charge is 0.493 e. The zero-order valence-electron chi connectivity index (χ0n) is 42.7. The van der Waals surface area contributed by atoms with Gasteiger partial charge >= 0.3 is 5.97 Å². The highest BCUT2D eigenvalue weighted by Gasteiger charge is 2.40. The number of esters is 1. The fourth-order valence-electron chi connectivity index (χ4n) is 9.98. The third kappa shape index (κ3) is 11.2. The Hall–Kier alpha value is -7.05. The minimum atomic E-state index is -0.495. The van der Waals surface area contributed by atoms with Gasteiger partial charge in [0.25, 0.3) is 11.8 Å². The van der Waals surface area contributed by atoms with Gasteiger partial charge in [-0.1, -0.05) is 63.1 Å². The van der Waals surface area contributed by atoms with E-state index in [1.54, 1.807) is 44.1 Å². The maximum atomic E-state index is 14.3. The van der Waals surface area contributed by atoms with E-state index in [0.29, 0.717) is 70.8 Å². The van der Waals surface area contributed by atoms with E-state index in [1.165, 1.54) is 24.1 Å². The molecule has 3 amide bonds. The second-order valence-corrected chi connectivity index (χ2v) is 22.4. The smallest absolute Gasteiger partial charge is 0.313 e. The van der Waals surface area contributed by atoms with Crippen molar-refractivity contribution in [2.75, 3.05) is 79.2 Å². The van der Waals surface area contributed by atoms with Crippen LogP contribution in [0.5, 0.6) is 23.0 Å².